The molecule has 3 saturated heterocycles. The SMILES string of the molecule is CO[C@H]1CC[C@]23O[C@H](C(=O)OC(C)(C)C)[C@@](O)(C(=O)OC(C)(C)C)[C@](C(=O)OC(C)(C)C)(O2)[C@H](O)[C@H]3O1. The van der Waals surface area contributed by atoms with Gasteiger partial charge >= 0.3 is 17.9 Å². The second kappa shape index (κ2) is 9.13. The Morgan fingerprint density at radius 1 is 0.865 bits per heavy atom. The van der Waals surface area contributed by atoms with Crippen molar-refractivity contribution in [2.45, 2.75) is 134 Å². The molecule has 7 atom stereocenters. The van der Waals surface area contributed by atoms with E-state index in [1.165, 1.54) is 27.9 Å². The fourth-order valence-electron chi connectivity index (χ4n) is 4.73. The fourth-order valence-corrected chi connectivity index (χ4v) is 4.73. The number of carbonyl (C=O) groups excluding carboxylic acids is 3. The molecule has 0 aliphatic carbocycles. The number of hydrogen-bond donors (Lipinski definition) is 2. The van der Waals surface area contributed by atoms with Crippen molar-refractivity contribution in [3.63, 3.8) is 0 Å². The number of carbonyl (C=O) groups is 3. The lowest BCUT2D eigenvalue weighted by molar-refractivity contribution is -0.395. The van der Waals surface area contributed by atoms with Gasteiger partial charge in [-0.05, 0) is 62.3 Å². The van der Waals surface area contributed by atoms with Gasteiger partial charge in [0.15, 0.2) is 6.29 Å². The summed E-state index contributed by atoms with van der Waals surface area (Å²) in [5.41, 5.74) is -9.50. The third-order valence-corrected chi connectivity index (χ3v) is 6.06. The summed E-state index contributed by atoms with van der Waals surface area (Å²) in [7, 11) is 1.39. The lowest BCUT2D eigenvalue weighted by Crippen LogP contribution is -2.79. The number of rotatable bonds is 4. The van der Waals surface area contributed by atoms with Gasteiger partial charge in [-0.3, -0.25) is 0 Å². The van der Waals surface area contributed by atoms with Gasteiger partial charge in [0.1, 0.15) is 29.0 Å². The maximum atomic E-state index is 13.9. The van der Waals surface area contributed by atoms with E-state index in [9.17, 15) is 24.6 Å². The Bertz CT molecular complexity index is 927. The van der Waals surface area contributed by atoms with Gasteiger partial charge in [-0.1, -0.05) is 0 Å². The Morgan fingerprint density at radius 2 is 1.38 bits per heavy atom. The van der Waals surface area contributed by atoms with Gasteiger partial charge < -0.3 is 43.4 Å². The number of ether oxygens (including phenoxy) is 7. The molecule has 3 aliphatic rings. The molecule has 2 bridgehead atoms. The summed E-state index contributed by atoms with van der Waals surface area (Å²) in [4.78, 5) is 41.1. The summed E-state index contributed by atoms with van der Waals surface area (Å²) in [5.74, 6) is -5.83. The molecule has 3 aliphatic heterocycles. The lowest BCUT2D eigenvalue weighted by atomic mass is 9.74. The Kier molecular flexibility index (Phi) is 7.33. The molecule has 0 aromatic heterocycles. The predicted octanol–water partition coefficient (Wildman–Crippen LogP) is 1.12. The minimum atomic E-state index is -3.24. The standard InChI is InChI=1S/C25H40O12/c1-20(2,3)34-17(27)16-24(30,18(28)35-21(4,5)6)25(19(29)36-22(7,8)9)14(26)15-23(33-16,37-25)12-11-13(31-10)32-15/h13-16,26,30H,11-12H2,1-10H3/t13-,14-,15-,16-,23+,24-,25+/m1/s1. The second-order valence-electron chi connectivity index (χ2n) is 12.7. The van der Waals surface area contributed by atoms with E-state index in [2.05, 4.69) is 0 Å². The van der Waals surface area contributed by atoms with E-state index in [1.807, 2.05) is 0 Å². The van der Waals surface area contributed by atoms with Crippen LogP contribution in [0.2, 0.25) is 0 Å². The van der Waals surface area contributed by atoms with Crippen LogP contribution in [0, 0.1) is 0 Å². The van der Waals surface area contributed by atoms with Crippen LogP contribution in [0.15, 0.2) is 0 Å². The number of esters is 3. The molecule has 12 heteroatoms. The average molecular weight is 533 g/mol. The van der Waals surface area contributed by atoms with Crippen molar-refractivity contribution in [3.05, 3.63) is 0 Å². The molecular formula is C25H40O12. The van der Waals surface area contributed by atoms with Gasteiger partial charge in [0, 0.05) is 20.0 Å². The molecular weight excluding hydrogens is 492 g/mol. The number of fused-ring (bicyclic) bond motifs is 1. The maximum absolute atomic E-state index is 13.9. The molecule has 12 nitrogen and oxygen atoms in total. The van der Waals surface area contributed by atoms with Crippen LogP contribution in [0.3, 0.4) is 0 Å². The fraction of sp³-hybridized carbons (Fsp3) is 0.880. The zero-order valence-corrected chi connectivity index (χ0v) is 23.2. The van der Waals surface area contributed by atoms with Gasteiger partial charge in [0.25, 0.3) is 0 Å². The molecule has 0 aromatic rings. The Balaban J connectivity index is 2.29. The smallest absolute Gasteiger partial charge is 0.346 e. The van der Waals surface area contributed by atoms with Crippen molar-refractivity contribution < 1.29 is 57.8 Å². The van der Waals surface area contributed by atoms with Crippen molar-refractivity contribution in [2.75, 3.05) is 7.11 Å². The molecule has 0 unspecified atom stereocenters. The molecule has 0 amide bonds. The summed E-state index contributed by atoms with van der Waals surface area (Å²) >= 11 is 0. The first-order valence-corrected chi connectivity index (χ1v) is 12.3. The molecule has 212 valence electrons. The van der Waals surface area contributed by atoms with Crippen LogP contribution >= 0.6 is 0 Å². The highest BCUT2D eigenvalue weighted by Gasteiger charge is 2.86. The predicted molar refractivity (Wildman–Crippen MR) is 125 cm³/mol. The molecule has 0 radical (unpaired) electrons. The summed E-state index contributed by atoms with van der Waals surface area (Å²) in [6, 6.07) is 0. The van der Waals surface area contributed by atoms with Gasteiger partial charge in [0.05, 0.1) is 0 Å². The molecule has 3 rings (SSSR count). The molecule has 3 fully saturated rings. The third kappa shape index (κ3) is 5.11. The van der Waals surface area contributed by atoms with Crippen LogP contribution in [0.1, 0.15) is 75.2 Å². The minimum Gasteiger partial charge on any atom is -0.458 e. The molecule has 0 aromatic carbocycles. The summed E-state index contributed by atoms with van der Waals surface area (Å²) < 4.78 is 39.6. The van der Waals surface area contributed by atoms with Gasteiger partial charge in [-0.25, -0.2) is 14.4 Å². The Labute approximate surface area is 216 Å². The monoisotopic (exact) mass is 532 g/mol. The zero-order valence-electron chi connectivity index (χ0n) is 23.2. The highest BCUT2D eigenvalue weighted by molar-refractivity contribution is 5.99. The van der Waals surface area contributed by atoms with Crippen molar-refractivity contribution in [1.29, 1.82) is 0 Å². The van der Waals surface area contributed by atoms with Crippen LogP contribution in [0.4, 0.5) is 0 Å². The van der Waals surface area contributed by atoms with E-state index in [0.717, 1.165) is 0 Å². The van der Waals surface area contributed by atoms with Crippen LogP contribution in [0.5, 0.6) is 0 Å². The topological polar surface area (TPSA) is 156 Å². The van der Waals surface area contributed by atoms with E-state index in [-0.39, 0.29) is 12.8 Å². The van der Waals surface area contributed by atoms with E-state index in [0.29, 0.717) is 0 Å². The molecule has 3 heterocycles. The van der Waals surface area contributed by atoms with E-state index >= 15 is 0 Å². The van der Waals surface area contributed by atoms with Crippen molar-refractivity contribution in [1.82, 2.24) is 0 Å². The summed E-state index contributed by atoms with van der Waals surface area (Å²) in [6.45, 7) is 14.0. The van der Waals surface area contributed by atoms with Crippen LogP contribution in [-0.4, -0.2) is 93.6 Å². The van der Waals surface area contributed by atoms with Crippen molar-refractivity contribution in [3.8, 4) is 0 Å². The molecule has 1 spiro atoms. The number of methoxy groups -OCH3 is 1. The van der Waals surface area contributed by atoms with Gasteiger partial charge in [-0.15, -0.1) is 0 Å². The Morgan fingerprint density at radius 3 is 1.86 bits per heavy atom. The van der Waals surface area contributed by atoms with Crippen LogP contribution in [-0.2, 0) is 47.5 Å². The minimum absolute atomic E-state index is 0.0124. The first-order chi connectivity index (χ1) is 16.6. The van der Waals surface area contributed by atoms with E-state index in [4.69, 9.17) is 33.2 Å². The zero-order chi connectivity index (χ0) is 28.4. The first-order valence-electron chi connectivity index (χ1n) is 12.3. The highest BCUT2D eigenvalue weighted by atomic mass is 16.8. The van der Waals surface area contributed by atoms with Gasteiger partial charge in [-0.2, -0.15) is 0 Å². The van der Waals surface area contributed by atoms with Crippen molar-refractivity contribution >= 4 is 17.9 Å². The highest BCUT2D eigenvalue weighted by Crippen LogP contribution is 2.58. The van der Waals surface area contributed by atoms with Crippen molar-refractivity contribution in [2.24, 2.45) is 0 Å². The number of aliphatic hydroxyl groups excluding tert-OH is 1. The average Bonchev–Trinajstić information content (AvgIpc) is 2.93. The molecule has 2 N–H and O–H groups in total. The van der Waals surface area contributed by atoms with Gasteiger partial charge in [0.2, 0.25) is 23.1 Å². The van der Waals surface area contributed by atoms with E-state index < -0.39 is 76.3 Å². The second-order valence-corrected chi connectivity index (χ2v) is 12.7. The molecule has 0 saturated carbocycles. The summed E-state index contributed by atoms with van der Waals surface area (Å²) in [6.07, 6.45) is -6.27. The first kappa shape index (κ1) is 29.7. The quantitative estimate of drug-likeness (QED) is 0.393. The third-order valence-electron chi connectivity index (χ3n) is 6.06. The Hall–Kier alpha value is -1.83. The lowest BCUT2D eigenvalue weighted by Gasteiger charge is -2.51. The molecule has 37 heavy (non-hydrogen) atoms. The maximum Gasteiger partial charge on any atom is 0.346 e. The normalized spacial score (nSPS) is 37.9. The summed E-state index contributed by atoms with van der Waals surface area (Å²) in [5, 5.41) is 23.8. The van der Waals surface area contributed by atoms with E-state index in [1.54, 1.807) is 41.5 Å². The largest absolute Gasteiger partial charge is 0.458 e. The number of aliphatic hydroxyl groups is 2. The van der Waals surface area contributed by atoms with Crippen LogP contribution < -0.4 is 0 Å². The van der Waals surface area contributed by atoms with Crippen LogP contribution in [0.25, 0.3) is 0 Å². The number of hydrogen-bond acceptors (Lipinski definition) is 12.